The van der Waals surface area contributed by atoms with Crippen molar-refractivity contribution in [3.63, 3.8) is 0 Å². The zero-order chi connectivity index (χ0) is 8.97. The summed E-state index contributed by atoms with van der Waals surface area (Å²) in [5.74, 6) is 0. The summed E-state index contributed by atoms with van der Waals surface area (Å²) in [6.45, 7) is 5.93. The molecule has 2 heteroatoms. The molecule has 0 fully saturated rings. The normalized spacial score (nSPS) is 9.83. The van der Waals surface area contributed by atoms with Crippen LogP contribution in [0.1, 0.15) is 12.5 Å². The van der Waals surface area contributed by atoms with Crippen LogP contribution in [-0.2, 0) is 4.43 Å². The van der Waals surface area contributed by atoms with Gasteiger partial charge < -0.3 is 4.43 Å². The van der Waals surface area contributed by atoms with E-state index in [-0.39, 0.29) is 0 Å². The summed E-state index contributed by atoms with van der Waals surface area (Å²) in [4.78, 5) is 0. The summed E-state index contributed by atoms with van der Waals surface area (Å²) in [5.41, 5.74) is 2.30. The van der Waals surface area contributed by atoms with E-state index >= 15 is 0 Å². The predicted octanol–water partition coefficient (Wildman–Crippen LogP) is 1.61. The fourth-order valence-electron chi connectivity index (χ4n) is 1.05. The summed E-state index contributed by atoms with van der Waals surface area (Å²) in [6, 6.07) is 8.19. The Bertz CT molecular complexity index is 281. The second-order valence-corrected chi connectivity index (χ2v) is 3.78. The van der Waals surface area contributed by atoms with Crippen LogP contribution in [0.25, 0.3) is 5.57 Å². The highest BCUT2D eigenvalue weighted by Crippen LogP contribution is 2.07. The SMILES string of the molecule is C=C(C)c1ccccc1[Si]OC. The Morgan fingerprint density at radius 3 is 2.67 bits per heavy atom. The highest BCUT2D eigenvalue weighted by atomic mass is 28.2. The summed E-state index contributed by atoms with van der Waals surface area (Å²) in [7, 11) is 2.13. The first-order valence-corrected chi connectivity index (χ1v) is 4.70. The molecule has 0 bridgehead atoms. The van der Waals surface area contributed by atoms with Crippen molar-refractivity contribution in [3.05, 3.63) is 36.4 Å². The Kier molecular flexibility index (Phi) is 3.26. The van der Waals surface area contributed by atoms with E-state index in [0.717, 1.165) is 5.57 Å². The number of hydrogen-bond acceptors (Lipinski definition) is 1. The third-order valence-corrected chi connectivity index (χ3v) is 2.46. The van der Waals surface area contributed by atoms with Crippen LogP contribution in [0.15, 0.2) is 30.8 Å². The molecule has 2 radical (unpaired) electrons. The maximum absolute atomic E-state index is 5.11. The van der Waals surface area contributed by atoms with Gasteiger partial charge in [0.2, 0.25) is 0 Å². The van der Waals surface area contributed by atoms with Crippen molar-refractivity contribution >= 4 is 20.5 Å². The number of rotatable bonds is 3. The van der Waals surface area contributed by atoms with Crippen LogP contribution in [0.3, 0.4) is 0 Å². The van der Waals surface area contributed by atoms with E-state index in [9.17, 15) is 0 Å². The first-order valence-electron chi connectivity index (χ1n) is 3.79. The van der Waals surface area contributed by atoms with Gasteiger partial charge in [0.25, 0.3) is 9.76 Å². The lowest BCUT2D eigenvalue weighted by Crippen LogP contribution is -2.19. The van der Waals surface area contributed by atoms with Gasteiger partial charge in [-0.15, -0.1) is 0 Å². The van der Waals surface area contributed by atoms with Crippen molar-refractivity contribution in [2.24, 2.45) is 0 Å². The number of allylic oxidation sites excluding steroid dienone is 1. The van der Waals surface area contributed by atoms with Gasteiger partial charge in [0, 0.05) is 7.11 Å². The number of hydrogen-bond donors (Lipinski definition) is 0. The lowest BCUT2D eigenvalue weighted by atomic mass is 10.1. The zero-order valence-electron chi connectivity index (χ0n) is 7.42. The van der Waals surface area contributed by atoms with Gasteiger partial charge in [0.15, 0.2) is 0 Å². The topological polar surface area (TPSA) is 9.23 Å². The van der Waals surface area contributed by atoms with Crippen molar-refractivity contribution in [3.8, 4) is 0 Å². The minimum Gasteiger partial charge on any atom is -0.415 e. The molecule has 0 atom stereocenters. The number of benzene rings is 1. The summed E-state index contributed by atoms with van der Waals surface area (Å²) in [6.07, 6.45) is 0. The average Bonchev–Trinajstić information content (AvgIpc) is 2.05. The van der Waals surface area contributed by atoms with Gasteiger partial charge in [-0.1, -0.05) is 36.4 Å². The first kappa shape index (κ1) is 9.23. The fourth-order valence-corrected chi connectivity index (χ4v) is 1.85. The molecule has 0 amide bonds. The molecule has 0 unspecified atom stereocenters. The summed E-state index contributed by atoms with van der Waals surface area (Å²) in [5, 5.41) is 1.23. The first-order chi connectivity index (χ1) is 5.75. The standard InChI is InChI=1S/C10H12OSi/c1-8(2)9-6-4-5-7-10(9)12-11-3/h4-7H,1H2,2-3H3. The average molecular weight is 176 g/mol. The summed E-state index contributed by atoms with van der Waals surface area (Å²) < 4.78 is 5.11. The van der Waals surface area contributed by atoms with Crippen LogP contribution in [0.2, 0.25) is 0 Å². The van der Waals surface area contributed by atoms with Gasteiger partial charge in [-0.2, -0.15) is 0 Å². The van der Waals surface area contributed by atoms with Crippen molar-refractivity contribution in [1.82, 2.24) is 0 Å². The minimum atomic E-state index is 0.418. The molecule has 12 heavy (non-hydrogen) atoms. The van der Waals surface area contributed by atoms with E-state index in [1.807, 2.05) is 19.1 Å². The maximum Gasteiger partial charge on any atom is 0.268 e. The van der Waals surface area contributed by atoms with Crippen molar-refractivity contribution in [2.45, 2.75) is 6.92 Å². The molecule has 0 aliphatic heterocycles. The van der Waals surface area contributed by atoms with Gasteiger partial charge in [-0.05, 0) is 17.7 Å². The molecule has 1 rings (SSSR count). The van der Waals surface area contributed by atoms with E-state index in [2.05, 4.69) is 18.7 Å². The summed E-state index contributed by atoms with van der Waals surface area (Å²) >= 11 is 0. The van der Waals surface area contributed by atoms with E-state index in [4.69, 9.17) is 4.43 Å². The molecule has 0 saturated carbocycles. The Morgan fingerprint density at radius 1 is 1.42 bits per heavy atom. The molecule has 0 aromatic heterocycles. The second-order valence-electron chi connectivity index (χ2n) is 2.63. The zero-order valence-corrected chi connectivity index (χ0v) is 8.42. The highest BCUT2D eigenvalue weighted by molar-refractivity contribution is 6.48. The minimum absolute atomic E-state index is 0.418. The van der Waals surface area contributed by atoms with Gasteiger partial charge >= 0.3 is 0 Å². The van der Waals surface area contributed by atoms with Crippen LogP contribution >= 0.6 is 0 Å². The molecule has 62 valence electrons. The van der Waals surface area contributed by atoms with Crippen LogP contribution in [0.4, 0.5) is 0 Å². The molecule has 0 aliphatic carbocycles. The Morgan fingerprint density at radius 2 is 2.08 bits per heavy atom. The van der Waals surface area contributed by atoms with Gasteiger partial charge in [0.1, 0.15) is 0 Å². The van der Waals surface area contributed by atoms with E-state index in [0.29, 0.717) is 9.76 Å². The molecule has 1 aromatic carbocycles. The molecule has 0 saturated heterocycles. The Balaban J connectivity index is 3.00. The van der Waals surface area contributed by atoms with Crippen molar-refractivity contribution < 1.29 is 4.43 Å². The Labute approximate surface area is 76.0 Å². The van der Waals surface area contributed by atoms with Crippen molar-refractivity contribution in [1.29, 1.82) is 0 Å². The van der Waals surface area contributed by atoms with Gasteiger partial charge in [-0.25, -0.2) is 0 Å². The third kappa shape index (κ3) is 2.06. The molecule has 1 nitrogen and oxygen atoms in total. The molecular weight excluding hydrogens is 164 g/mol. The lowest BCUT2D eigenvalue weighted by Gasteiger charge is -2.05. The van der Waals surface area contributed by atoms with E-state index in [1.165, 1.54) is 10.8 Å². The van der Waals surface area contributed by atoms with Crippen LogP contribution < -0.4 is 5.19 Å². The van der Waals surface area contributed by atoms with Gasteiger partial charge in [-0.3, -0.25) is 0 Å². The lowest BCUT2D eigenvalue weighted by molar-refractivity contribution is 0.450. The van der Waals surface area contributed by atoms with Crippen LogP contribution in [-0.4, -0.2) is 16.9 Å². The smallest absolute Gasteiger partial charge is 0.268 e. The molecule has 0 N–H and O–H groups in total. The second kappa shape index (κ2) is 4.23. The highest BCUT2D eigenvalue weighted by Gasteiger charge is 2.02. The fraction of sp³-hybridized carbons (Fsp3) is 0.200. The molecule has 0 aliphatic rings. The molecule has 0 heterocycles. The molecular formula is C10H12OSi. The van der Waals surface area contributed by atoms with Crippen LogP contribution in [0.5, 0.6) is 0 Å². The molecule has 1 aromatic rings. The van der Waals surface area contributed by atoms with Gasteiger partial charge in [0.05, 0.1) is 0 Å². The molecule has 0 spiro atoms. The Hall–Kier alpha value is -0.863. The third-order valence-electron chi connectivity index (χ3n) is 1.60. The quantitative estimate of drug-likeness (QED) is 0.636. The predicted molar refractivity (Wildman–Crippen MR) is 53.5 cm³/mol. The maximum atomic E-state index is 5.11. The monoisotopic (exact) mass is 176 g/mol. The van der Waals surface area contributed by atoms with E-state index < -0.39 is 0 Å². The van der Waals surface area contributed by atoms with Crippen LogP contribution in [0, 0.1) is 0 Å². The largest absolute Gasteiger partial charge is 0.415 e. The van der Waals surface area contributed by atoms with Crippen molar-refractivity contribution in [2.75, 3.05) is 7.11 Å². The van der Waals surface area contributed by atoms with E-state index in [1.54, 1.807) is 7.11 Å².